The first-order chi connectivity index (χ1) is 7.72. The molecule has 0 atom stereocenters. The predicted octanol–water partition coefficient (Wildman–Crippen LogP) is 1.73. The highest BCUT2D eigenvalue weighted by atomic mass is 32.1. The molecule has 0 spiro atoms. The van der Waals surface area contributed by atoms with Crippen LogP contribution in [0, 0.1) is 0 Å². The highest BCUT2D eigenvalue weighted by molar-refractivity contribution is 7.08. The maximum Gasteiger partial charge on any atom is 0.342 e. The molecule has 1 rings (SSSR count). The quantitative estimate of drug-likeness (QED) is 0.802. The number of hydrogen-bond acceptors (Lipinski definition) is 5. The van der Waals surface area contributed by atoms with E-state index in [-0.39, 0.29) is 13.2 Å². The van der Waals surface area contributed by atoms with Crippen molar-refractivity contribution in [2.24, 2.45) is 5.73 Å². The number of carbonyl (C=O) groups excluding carboxylic acids is 1. The average molecular weight is 245 g/mol. The van der Waals surface area contributed by atoms with Gasteiger partial charge in [0.05, 0.1) is 13.4 Å². The lowest BCUT2D eigenvalue weighted by atomic mass is 10.3. The van der Waals surface area contributed by atoms with Gasteiger partial charge in [-0.05, 0) is 0 Å². The summed E-state index contributed by atoms with van der Waals surface area (Å²) in [5.74, 6) is -0.0978. The topological polar surface area (TPSA) is 61.5 Å². The number of rotatable bonds is 5. The van der Waals surface area contributed by atoms with Crippen molar-refractivity contribution in [1.29, 1.82) is 0 Å². The van der Waals surface area contributed by atoms with Gasteiger partial charge in [0.25, 0.3) is 0 Å². The Labute approximate surface area is 96.5 Å². The fourth-order valence-corrected chi connectivity index (χ4v) is 1.70. The Kier molecular flexibility index (Phi) is 4.94. The lowest BCUT2D eigenvalue weighted by Crippen LogP contribution is -2.12. The van der Waals surface area contributed by atoms with Crippen LogP contribution in [-0.4, -0.2) is 26.2 Å². The van der Waals surface area contributed by atoms with Crippen molar-refractivity contribution >= 4 is 17.3 Å². The molecule has 6 heteroatoms. The summed E-state index contributed by atoms with van der Waals surface area (Å²) in [5.41, 5.74) is 5.93. The first-order valence-corrected chi connectivity index (χ1v) is 5.42. The molecule has 0 amide bonds. The molecule has 0 unspecified atom stereocenters. The van der Waals surface area contributed by atoms with Crippen molar-refractivity contribution in [3.05, 3.63) is 28.2 Å². The van der Waals surface area contributed by atoms with Crippen molar-refractivity contribution in [1.82, 2.24) is 0 Å². The lowest BCUT2D eigenvalue weighted by molar-refractivity contribution is 0.0597. The van der Waals surface area contributed by atoms with Gasteiger partial charge in [-0.1, -0.05) is 0 Å². The van der Waals surface area contributed by atoms with E-state index in [0.29, 0.717) is 23.2 Å². The number of esters is 1. The van der Waals surface area contributed by atoms with E-state index in [0.717, 1.165) is 0 Å². The standard InChI is InChI=1S/C10H12FNO3S/c1-14-10(13)8-5-16-6-9(8)15-4-7(2-11)3-12/h2,5-6H,3-4,12H2,1H3/b7-2+. The molecular formula is C10H12FNO3S. The third-order valence-corrected chi connectivity index (χ3v) is 2.58. The fraction of sp³-hybridized carbons (Fsp3) is 0.300. The zero-order valence-electron chi connectivity index (χ0n) is 8.73. The number of methoxy groups -OCH3 is 1. The Bertz CT molecular complexity index is 389. The molecule has 0 aliphatic heterocycles. The first kappa shape index (κ1) is 12.7. The minimum Gasteiger partial charge on any atom is -0.487 e. The van der Waals surface area contributed by atoms with Gasteiger partial charge in [0.2, 0.25) is 0 Å². The average Bonchev–Trinajstić information content (AvgIpc) is 2.77. The number of hydrogen-bond donors (Lipinski definition) is 1. The molecule has 1 aromatic heterocycles. The van der Waals surface area contributed by atoms with Crippen LogP contribution in [0.15, 0.2) is 22.7 Å². The molecule has 4 nitrogen and oxygen atoms in total. The second-order valence-electron chi connectivity index (χ2n) is 2.90. The van der Waals surface area contributed by atoms with Crippen molar-refractivity contribution in [2.45, 2.75) is 0 Å². The molecule has 0 saturated heterocycles. The van der Waals surface area contributed by atoms with Crippen LogP contribution in [0.3, 0.4) is 0 Å². The van der Waals surface area contributed by atoms with Gasteiger partial charge in [-0.25, -0.2) is 9.18 Å². The second kappa shape index (κ2) is 6.24. The number of nitrogens with two attached hydrogens (primary N) is 1. The predicted molar refractivity (Wildman–Crippen MR) is 59.4 cm³/mol. The SMILES string of the molecule is COC(=O)c1cscc1OC/C(=C/F)CN. The van der Waals surface area contributed by atoms with E-state index in [9.17, 15) is 9.18 Å². The Hall–Kier alpha value is -1.40. The molecular weight excluding hydrogens is 233 g/mol. The number of halogens is 1. The first-order valence-electron chi connectivity index (χ1n) is 4.48. The molecule has 1 heterocycles. The fourth-order valence-electron chi connectivity index (χ4n) is 0.961. The minimum atomic E-state index is -0.477. The monoisotopic (exact) mass is 245 g/mol. The summed E-state index contributed by atoms with van der Waals surface area (Å²) >= 11 is 1.31. The third-order valence-electron chi connectivity index (χ3n) is 1.86. The Morgan fingerprint density at radius 2 is 2.38 bits per heavy atom. The van der Waals surface area contributed by atoms with E-state index in [2.05, 4.69) is 4.74 Å². The van der Waals surface area contributed by atoms with E-state index in [1.54, 1.807) is 10.8 Å². The summed E-state index contributed by atoms with van der Waals surface area (Å²) < 4.78 is 22.0. The minimum absolute atomic E-state index is 0.0216. The smallest absolute Gasteiger partial charge is 0.342 e. The van der Waals surface area contributed by atoms with E-state index in [1.807, 2.05) is 0 Å². The van der Waals surface area contributed by atoms with E-state index >= 15 is 0 Å². The van der Waals surface area contributed by atoms with E-state index < -0.39 is 5.97 Å². The molecule has 0 radical (unpaired) electrons. The molecule has 0 aliphatic rings. The van der Waals surface area contributed by atoms with Crippen LogP contribution in [0.5, 0.6) is 5.75 Å². The molecule has 0 aliphatic carbocycles. The zero-order valence-corrected chi connectivity index (χ0v) is 9.55. The second-order valence-corrected chi connectivity index (χ2v) is 3.65. The molecule has 0 fully saturated rings. The summed E-state index contributed by atoms with van der Waals surface area (Å²) in [7, 11) is 1.29. The van der Waals surface area contributed by atoms with Crippen molar-refractivity contribution in [2.75, 3.05) is 20.3 Å². The van der Waals surface area contributed by atoms with Crippen LogP contribution in [0.4, 0.5) is 4.39 Å². The Balaban J connectivity index is 2.67. The van der Waals surface area contributed by atoms with Gasteiger partial charge in [0, 0.05) is 22.9 Å². The summed E-state index contributed by atoms with van der Waals surface area (Å²) in [6, 6.07) is 0. The number of ether oxygens (including phenoxy) is 2. The molecule has 2 N–H and O–H groups in total. The van der Waals surface area contributed by atoms with Gasteiger partial charge in [-0.3, -0.25) is 0 Å². The van der Waals surface area contributed by atoms with E-state index in [4.69, 9.17) is 10.5 Å². The van der Waals surface area contributed by atoms with Gasteiger partial charge in [-0.2, -0.15) is 0 Å². The highest BCUT2D eigenvalue weighted by Crippen LogP contribution is 2.24. The molecule has 1 aromatic rings. The summed E-state index contributed by atoms with van der Waals surface area (Å²) in [6.45, 7) is 0.0991. The Morgan fingerprint density at radius 3 is 2.94 bits per heavy atom. The molecule has 16 heavy (non-hydrogen) atoms. The maximum absolute atomic E-state index is 12.2. The lowest BCUT2D eigenvalue weighted by Gasteiger charge is -2.07. The molecule has 0 bridgehead atoms. The molecule has 88 valence electrons. The van der Waals surface area contributed by atoms with Crippen LogP contribution in [0.1, 0.15) is 10.4 Å². The number of carbonyl (C=O) groups is 1. The summed E-state index contributed by atoms with van der Waals surface area (Å²) in [5, 5.41) is 3.26. The van der Waals surface area contributed by atoms with Crippen LogP contribution in [0.2, 0.25) is 0 Å². The van der Waals surface area contributed by atoms with E-state index in [1.165, 1.54) is 18.4 Å². The van der Waals surface area contributed by atoms with Crippen LogP contribution in [-0.2, 0) is 4.74 Å². The summed E-state index contributed by atoms with van der Waals surface area (Å²) in [4.78, 5) is 11.3. The van der Waals surface area contributed by atoms with Crippen LogP contribution >= 0.6 is 11.3 Å². The van der Waals surface area contributed by atoms with Crippen molar-refractivity contribution in [3.8, 4) is 5.75 Å². The van der Waals surface area contributed by atoms with Gasteiger partial charge >= 0.3 is 5.97 Å². The van der Waals surface area contributed by atoms with Crippen molar-refractivity contribution in [3.63, 3.8) is 0 Å². The largest absolute Gasteiger partial charge is 0.487 e. The highest BCUT2D eigenvalue weighted by Gasteiger charge is 2.14. The zero-order chi connectivity index (χ0) is 12.0. The maximum atomic E-state index is 12.2. The Morgan fingerprint density at radius 1 is 1.62 bits per heavy atom. The van der Waals surface area contributed by atoms with Crippen LogP contribution in [0.25, 0.3) is 0 Å². The third kappa shape index (κ3) is 3.04. The van der Waals surface area contributed by atoms with Crippen molar-refractivity contribution < 1.29 is 18.7 Å². The molecule has 0 aromatic carbocycles. The van der Waals surface area contributed by atoms with Gasteiger partial charge < -0.3 is 15.2 Å². The number of thiophene rings is 1. The molecule has 0 saturated carbocycles. The van der Waals surface area contributed by atoms with Crippen LogP contribution < -0.4 is 10.5 Å². The van der Waals surface area contributed by atoms with Gasteiger partial charge in [0.1, 0.15) is 17.9 Å². The summed E-state index contributed by atoms with van der Waals surface area (Å²) in [6.07, 6.45) is 0.407. The van der Waals surface area contributed by atoms with Gasteiger partial charge in [-0.15, -0.1) is 11.3 Å². The van der Waals surface area contributed by atoms with Gasteiger partial charge in [0.15, 0.2) is 0 Å². The normalized spacial score (nSPS) is 11.3.